The SMILES string of the molecule is N=Cc1c(-c2cccc(C(F)(F)F)c2)[nH]n(-c2nc3ccccc3s2)c1=O. The van der Waals surface area contributed by atoms with E-state index in [1.54, 1.807) is 6.07 Å². The summed E-state index contributed by atoms with van der Waals surface area (Å²) in [6.07, 6.45) is -3.67. The van der Waals surface area contributed by atoms with Gasteiger partial charge in [0.15, 0.2) is 0 Å². The molecule has 0 aliphatic heterocycles. The molecule has 5 nitrogen and oxygen atoms in total. The summed E-state index contributed by atoms with van der Waals surface area (Å²) in [6.45, 7) is 0. The van der Waals surface area contributed by atoms with Crippen molar-refractivity contribution in [2.45, 2.75) is 6.18 Å². The average molecular weight is 388 g/mol. The molecule has 0 aliphatic carbocycles. The number of fused-ring (bicyclic) bond motifs is 1. The van der Waals surface area contributed by atoms with E-state index in [2.05, 4.69) is 10.1 Å². The Bertz CT molecular complexity index is 1190. The Balaban J connectivity index is 1.90. The normalized spacial score (nSPS) is 11.8. The molecule has 0 amide bonds. The number of thiazole rings is 1. The summed E-state index contributed by atoms with van der Waals surface area (Å²) in [5.41, 5.74) is -0.397. The fourth-order valence-corrected chi connectivity index (χ4v) is 3.67. The Morgan fingerprint density at radius 1 is 1.15 bits per heavy atom. The summed E-state index contributed by atoms with van der Waals surface area (Å²) in [4.78, 5) is 17.1. The van der Waals surface area contributed by atoms with Crippen LogP contribution >= 0.6 is 11.3 Å². The molecular formula is C18H11F3N4OS. The van der Waals surface area contributed by atoms with Gasteiger partial charge in [-0.3, -0.25) is 9.89 Å². The second kappa shape index (κ2) is 6.20. The van der Waals surface area contributed by atoms with E-state index in [0.29, 0.717) is 10.6 Å². The molecule has 136 valence electrons. The van der Waals surface area contributed by atoms with Crippen LogP contribution in [0.1, 0.15) is 11.1 Å². The third kappa shape index (κ3) is 2.95. The Morgan fingerprint density at radius 2 is 1.93 bits per heavy atom. The molecule has 0 saturated carbocycles. The molecule has 4 aromatic rings. The number of benzene rings is 2. The van der Waals surface area contributed by atoms with Gasteiger partial charge in [0.1, 0.15) is 0 Å². The van der Waals surface area contributed by atoms with Crippen LogP contribution in [0.2, 0.25) is 0 Å². The van der Waals surface area contributed by atoms with E-state index in [1.165, 1.54) is 23.5 Å². The van der Waals surface area contributed by atoms with Crippen molar-refractivity contribution in [3.8, 4) is 16.4 Å². The minimum atomic E-state index is -4.50. The molecule has 0 spiro atoms. The topological polar surface area (TPSA) is 74.5 Å². The zero-order chi connectivity index (χ0) is 19.2. The maximum absolute atomic E-state index is 13.0. The molecule has 0 bridgehead atoms. The molecule has 0 atom stereocenters. The van der Waals surface area contributed by atoms with Crippen LogP contribution in [0.5, 0.6) is 0 Å². The molecular weight excluding hydrogens is 377 g/mol. The zero-order valence-electron chi connectivity index (χ0n) is 13.5. The summed E-state index contributed by atoms with van der Waals surface area (Å²) in [5.74, 6) is 0. The fourth-order valence-electron chi connectivity index (χ4n) is 2.75. The Morgan fingerprint density at radius 3 is 2.63 bits per heavy atom. The van der Waals surface area contributed by atoms with Crippen molar-refractivity contribution >= 4 is 27.8 Å². The van der Waals surface area contributed by atoms with Crippen LogP contribution in [0.15, 0.2) is 53.3 Å². The number of nitrogens with zero attached hydrogens (tertiary/aromatic N) is 2. The van der Waals surface area contributed by atoms with Gasteiger partial charge in [-0.2, -0.15) is 17.9 Å². The van der Waals surface area contributed by atoms with E-state index >= 15 is 0 Å². The van der Waals surface area contributed by atoms with Gasteiger partial charge in [0.2, 0.25) is 5.13 Å². The van der Waals surface area contributed by atoms with Crippen LogP contribution in [0.4, 0.5) is 13.2 Å². The van der Waals surface area contributed by atoms with Crippen molar-refractivity contribution in [1.82, 2.24) is 14.8 Å². The van der Waals surface area contributed by atoms with Gasteiger partial charge in [-0.05, 0) is 24.3 Å². The minimum absolute atomic E-state index is 0.0337. The number of aromatic nitrogens is 3. The number of alkyl halides is 3. The summed E-state index contributed by atoms with van der Waals surface area (Å²) < 4.78 is 41.0. The smallest absolute Gasteiger partial charge is 0.308 e. The Kier molecular flexibility index (Phi) is 3.96. The molecule has 2 aromatic heterocycles. The fraction of sp³-hybridized carbons (Fsp3) is 0.0556. The highest BCUT2D eigenvalue weighted by molar-refractivity contribution is 7.20. The lowest BCUT2D eigenvalue weighted by atomic mass is 10.1. The van der Waals surface area contributed by atoms with Crippen molar-refractivity contribution < 1.29 is 13.2 Å². The third-order valence-electron chi connectivity index (χ3n) is 4.02. The van der Waals surface area contributed by atoms with Crippen molar-refractivity contribution in [1.29, 1.82) is 5.41 Å². The number of nitrogens with one attached hydrogen (secondary N) is 2. The molecule has 2 aromatic carbocycles. The van der Waals surface area contributed by atoms with Crippen LogP contribution in [-0.2, 0) is 6.18 Å². The zero-order valence-corrected chi connectivity index (χ0v) is 14.4. The number of aromatic amines is 1. The lowest BCUT2D eigenvalue weighted by Gasteiger charge is -2.08. The van der Waals surface area contributed by atoms with Crippen LogP contribution in [0, 0.1) is 5.41 Å². The quantitative estimate of drug-likeness (QED) is 0.509. The number of H-pyrrole nitrogens is 1. The predicted octanol–water partition coefficient (Wildman–Crippen LogP) is 4.46. The van der Waals surface area contributed by atoms with Crippen LogP contribution < -0.4 is 5.56 Å². The van der Waals surface area contributed by atoms with E-state index in [-0.39, 0.29) is 16.8 Å². The maximum Gasteiger partial charge on any atom is 0.416 e. The van der Waals surface area contributed by atoms with E-state index in [1.807, 2.05) is 18.2 Å². The molecule has 27 heavy (non-hydrogen) atoms. The number of rotatable bonds is 3. The first-order valence-electron chi connectivity index (χ1n) is 7.77. The Labute approximate surface area is 154 Å². The van der Waals surface area contributed by atoms with Gasteiger partial charge >= 0.3 is 6.18 Å². The predicted molar refractivity (Wildman–Crippen MR) is 97.9 cm³/mol. The molecule has 2 N–H and O–H groups in total. The number of hydrogen-bond acceptors (Lipinski definition) is 4. The molecule has 9 heteroatoms. The molecule has 0 aliphatic rings. The largest absolute Gasteiger partial charge is 0.416 e. The van der Waals surface area contributed by atoms with Crippen LogP contribution in [0.25, 0.3) is 26.6 Å². The highest BCUT2D eigenvalue weighted by Crippen LogP contribution is 2.32. The van der Waals surface area contributed by atoms with Gasteiger partial charge in [0.25, 0.3) is 5.56 Å². The van der Waals surface area contributed by atoms with Crippen molar-refractivity contribution in [2.75, 3.05) is 0 Å². The highest BCUT2D eigenvalue weighted by Gasteiger charge is 2.31. The molecule has 0 radical (unpaired) electrons. The molecule has 0 unspecified atom stereocenters. The van der Waals surface area contributed by atoms with Gasteiger partial charge in [-0.1, -0.05) is 35.6 Å². The first-order chi connectivity index (χ1) is 12.9. The van der Waals surface area contributed by atoms with Crippen LogP contribution in [-0.4, -0.2) is 21.0 Å². The Hall–Kier alpha value is -3.20. The molecule has 2 heterocycles. The second-order valence-corrected chi connectivity index (χ2v) is 6.74. The second-order valence-electron chi connectivity index (χ2n) is 5.73. The first-order valence-corrected chi connectivity index (χ1v) is 8.59. The lowest BCUT2D eigenvalue weighted by Crippen LogP contribution is -2.16. The monoisotopic (exact) mass is 388 g/mol. The summed E-state index contributed by atoms with van der Waals surface area (Å²) >= 11 is 1.27. The number of halogens is 3. The summed E-state index contributed by atoms with van der Waals surface area (Å²) in [7, 11) is 0. The molecule has 0 fully saturated rings. The van der Waals surface area contributed by atoms with E-state index in [4.69, 9.17) is 5.41 Å². The van der Waals surface area contributed by atoms with E-state index < -0.39 is 17.3 Å². The highest BCUT2D eigenvalue weighted by atomic mass is 32.1. The van der Waals surface area contributed by atoms with Crippen LogP contribution in [0.3, 0.4) is 0 Å². The lowest BCUT2D eigenvalue weighted by molar-refractivity contribution is -0.137. The maximum atomic E-state index is 13.0. The van der Waals surface area contributed by atoms with Crippen molar-refractivity contribution in [3.05, 3.63) is 70.0 Å². The van der Waals surface area contributed by atoms with Gasteiger partial charge < -0.3 is 5.41 Å². The van der Waals surface area contributed by atoms with Gasteiger partial charge in [-0.15, -0.1) is 0 Å². The average Bonchev–Trinajstić information content (AvgIpc) is 3.21. The summed E-state index contributed by atoms with van der Waals surface area (Å²) in [5, 5.41) is 10.7. The van der Waals surface area contributed by atoms with Crippen molar-refractivity contribution in [3.63, 3.8) is 0 Å². The standard InChI is InChI=1S/C18H11F3N4OS/c19-18(20,21)11-5-3-4-10(8-11)15-12(9-22)16(26)25(24-15)17-23-13-6-1-2-7-14(13)27-17/h1-9,22,24H. The minimum Gasteiger partial charge on any atom is -0.308 e. The van der Waals surface area contributed by atoms with Crippen molar-refractivity contribution in [2.24, 2.45) is 0 Å². The number of hydrogen-bond donors (Lipinski definition) is 2. The van der Waals surface area contributed by atoms with Gasteiger partial charge in [-0.25, -0.2) is 4.98 Å². The first kappa shape index (κ1) is 17.2. The van der Waals surface area contributed by atoms with E-state index in [9.17, 15) is 18.0 Å². The molecule has 0 saturated heterocycles. The third-order valence-corrected chi connectivity index (χ3v) is 5.04. The number of para-hydroxylation sites is 1. The van der Waals surface area contributed by atoms with Gasteiger partial charge in [0.05, 0.1) is 27.0 Å². The summed E-state index contributed by atoms with van der Waals surface area (Å²) in [6, 6.07) is 11.9. The molecule has 4 rings (SSSR count). The van der Waals surface area contributed by atoms with Gasteiger partial charge in [0, 0.05) is 11.8 Å². The van der Waals surface area contributed by atoms with E-state index in [0.717, 1.165) is 27.7 Å².